The lowest BCUT2D eigenvalue weighted by Crippen LogP contribution is -2.45. The highest BCUT2D eigenvalue weighted by molar-refractivity contribution is 6.33. The molecule has 21 heavy (non-hydrogen) atoms. The standard InChI is InChI=1S/C15H21ClN2O3/c1-11(2)8-18-5-6-20-12(9-18)10-21-15(19)13-3-4-17-7-14(13)16/h3-4,7,11-12H,5-6,8-10H2,1-2H3. The van der Waals surface area contributed by atoms with Gasteiger partial charge in [0.1, 0.15) is 12.7 Å². The third-order valence-corrected chi connectivity index (χ3v) is 3.54. The minimum atomic E-state index is -0.438. The molecule has 5 nitrogen and oxygen atoms in total. The van der Waals surface area contributed by atoms with E-state index in [-0.39, 0.29) is 12.7 Å². The maximum absolute atomic E-state index is 12.0. The molecule has 1 aromatic heterocycles. The van der Waals surface area contributed by atoms with E-state index in [0.717, 1.165) is 19.6 Å². The molecule has 0 radical (unpaired) electrons. The zero-order valence-electron chi connectivity index (χ0n) is 12.4. The average Bonchev–Trinajstić information content (AvgIpc) is 2.45. The summed E-state index contributed by atoms with van der Waals surface area (Å²) in [6.07, 6.45) is 2.87. The molecule has 0 saturated carbocycles. The van der Waals surface area contributed by atoms with Crippen LogP contribution in [0.3, 0.4) is 0 Å². The summed E-state index contributed by atoms with van der Waals surface area (Å²) in [6, 6.07) is 1.55. The second kappa shape index (κ2) is 7.73. The van der Waals surface area contributed by atoms with Crippen LogP contribution in [0.5, 0.6) is 0 Å². The highest BCUT2D eigenvalue weighted by atomic mass is 35.5. The minimum absolute atomic E-state index is 0.0814. The molecule has 1 aliphatic rings. The smallest absolute Gasteiger partial charge is 0.339 e. The lowest BCUT2D eigenvalue weighted by Gasteiger charge is -2.33. The normalized spacial score (nSPS) is 19.7. The van der Waals surface area contributed by atoms with Crippen molar-refractivity contribution in [3.63, 3.8) is 0 Å². The number of halogens is 1. The van der Waals surface area contributed by atoms with E-state index in [4.69, 9.17) is 21.1 Å². The first-order chi connectivity index (χ1) is 10.1. The van der Waals surface area contributed by atoms with Gasteiger partial charge >= 0.3 is 5.97 Å². The molecular formula is C15H21ClN2O3. The van der Waals surface area contributed by atoms with Gasteiger partial charge in [-0.3, -0.25) is 9.88 Å². The summed E-state index contributed by atoms with van der Waals surface area (Å²) >= 11 is 5.92. The molecule has 1 atom stereocenters. The summed E-state index contributed by atoms with van der Waals surface area (Å²) in [5.74, 6) is 0.175. The van der Waals surface area contributed by atoms with Crippen molar-refractivity contribution in [1.82, 2.24) is 9.88 Å². The van der Waals surface area contributed by atoms with Crippen molar-refractivity contribution in [2.24, 2.45) is 5.92 Å². The number of rotatable bonds is 5. The van der Waals surface area contributed by atoms with Gasteiger partial charge < -0.3 is 9.47 Å². The van der Waals surface area contributed by atoms with Crippen molar-refractivity contribution in [2.75, 3.05) is 32.8 Å². The van der Waals surface area contributed by atoms with Crippen LogP contribution >= 0.6 is 11.6 Å². The second-order valence-corrected chi connectivity index (χ2v) is 6.01. The van der Waals surface area contributed by atoms with Crippen LogP contribution in [0.1, 0.15) is 24.2 Å². The SMILES string of the molecule is CC(C)CN1CCOC(COC(=O)c2ccncc2Cl)C1. The zero-order valence-corrected chi connectivity index (χ0v) is 13.2. The number of carbonyl (C=O) groups excluding carboxylic acids is 1. The number of nitrogens with zero attached hydrogens (tertiary/aromatic N) is 2. The molecular weight excluding hydrogens is 292 g/mol. The van der Waals surface area contributed by atoms with Crippen LogP contribution in [0.2, 0.25) is 5.02 Å². The largest absolute Gasteiger partial charge is 0.459 e. The molecule has 1 aromatic rings. The molecule has 2 rings (SSSR count). The van der Waals surface area contributed by atoms with Crippen molar-refractivity contribution in [3.05, 3.63) is 29.0 Å². The van der Waals surface area contributed by atoms with Crippen LogP contribution in [-0.2, 0) is 9.47 Å². The molecule has 0 aromatic carbocycles. The van der Waals surface area contributed by atoms with Gasteiger partial charge in [-0.25, -0.2) is 4.79 Å². The Morgan fingerprint density at radius 1 is 1.62 bits per heavy atom. The van der Waals surface area contributed by atoms with Crippen LogP contribution in [0.15, 0.2) is 18.5 Å². The molecule has 0 N–H and O–H groups in total. The highest BCUT2D eigenvalue weighted by Crippen LogP contribution is 2.15. The van der Waals surface area contributed by atoms with Gasteiger partial charge in [-0.2, -0.15) is 0 Å². The molecule has 1 fully saturated rings. The van der Waals surface area contributed by atoms with Gasteiger partial charge in [0.25, 0.3) is 0 Å². The van der Waals surface area contributed by atoms with Crippen LogP contribution in [0.25, 0.3) is 0 Å². The highest BCUT2D eigenvalue weighted by Gasteiger charge is 2.23. The zero-order chi connectivity index (χ0) is 15.2. The maximum atomic E-state index is 12.0. The summed E-state index contributed by atoms with van der Waals surface area (Å²) in [5, 5.41) is 0.300. The van der Waals surface area contributed by atoms with Crippen molar-refractivity contribution < 1.29 is 14.3 Å². The van der Waals surface area contributed by atoms with Gasteiger partial charge in [0, 0.05) is 32.0 Å². The van der Waals surface area contributed by atoms with Gasteiger partial charge in [0.15, 0.2) is 0 Å². The first-order valence-corrected chi connectivity index (χ1v) is 7.54. The Kier molecular flexibility index (Phi) is 5.96. The molecule has 0 bridgehead atoms. The minimum Gasteiger partial charge on any atom is -0.459 e. The number of morpholine rings is 1. The summed E-state index contributed by atoms with van der Waals surface area (Å²) in [7, 11) is 0. The van der Waals surface area contributed by atoms with Gasteiger partial charge in [0.05, 0.1) is 17.2 Å². The number of pyridine rings is 1. The van der Waals surface area contributed by atoms with Crippen molar-refractivity contribution >= 4 is 17.6 Å². The summed E-state index contributed by atoms with van der Waals surface area (Å²) < 4.78 is 10.9. The first kappa shape index (κ1) is 16.2. The van der Waals surface area contributed by atoms with E-state index in [2.05, 4.69) is 23.7 Å². The predicted octanol–water partition coefficient (Wildman–Crippen LogP) is 2.25. The van der Waals surface area contributed by atoms with E-state index in [0.29, 0.717) is 23.1 Å². The fourth-order valence-corrected chi connectivity index (χ4v) is 2.55. The lowest BCUT2D eigenvalue weighted by molar-refractivity contribution is -0.0612. The molecule has 1 unspecified atom stereocenters. The van der Waals surface area contributed by atoms with Gasteiger partial charge in [-0.15, -0.1) is 0 Å². The van der Waals surface area contributed by atoms with E-state index in [9.17, 15) is 4.79 Å². The number of ether oxygens (including phenoxy) is 2. The number of hydrogen-bond acceptors (Lipinski definition) is 5. The topological polar surface area (TPSA) is 51.7 Å². The fraction of sp³-hybridized carbons (Fsp3) is 0.600. The fourth-order valence-electron chi connectivity index (χ4n) is 2.35. The third kappa shape index (κ3) is 4.95. The second-order valence-electron chi connectivity index (χ2n) is 5.60. The molecule has 0 amide bonds. The third-order valence-electron chi connectivity index (χ3n) is 3.24. The van der Waals surface area contributed by atoms with Crippen LogP contribution in [0, 0.1) is 5.92 Å². The van der Waals surface area contributed by atoms with Gasteiger partial charge in [0.2, 0.25) is 0 Å². The van der Waals surface area contributed by atoms with E-state index >= 15 is 0 Å². The Bertz CT molecular complexity index is 482. The van der Waals surface area contributed by atoms with E-state index in [1.165, 1.54) is 12.4 Å². The first-order valence-electron chi connectivity index (χ1n) is 7.17. The quantitative estimate of drug-likeness (QED) is 0.781. The monoisotopic (exact) mass is 312 g/mol. The van der Waals surface area contributed by atoms with Crippen LogP contribution < -0.4 is 0 Å². The van der Waals surface area contributed by atoms with E-state index < -0.39 is 5.97 Å². The maximum Gasteiger partial charge on any atom is 0.339 e. The molecule has 6 heteroatoms. The summed E-state index contributed by atoms with van der Waals surface area (Å²) in [5.41, 5.74) is 0.335. The molecule has 116 valence electrons. The Balaban J connectivity index is 1.82. The average molecular weight is 313 g/mol. The van der Waals surface area contributed by atoms with Gasteiger partial charge in [-0.1, -0.05) is 25.4 Å². The number of aromatic nitrogens is 1. The summed E-state index contributed by atoms with van der Waals surface area (Å²) in [4.78, 5) is 18.1. The van der Waals surface area contributed by atoms with Gasteiger partial charge in [-0.05, 0) is 12.0 Å². The Labute approximate surface area is 130 Å². The number of hydrogen-bond donors (Lipinski definition) is 0. The molecule has 1 saturated heterocycles. The van der Waals surface area contributed by atoms with Crippen molar-refractivity contribution in [1.29, 1.82) is 0 Å². The van der Waals surface area contributed by atoms with E-state index in [1.54, 1.807) is 6.07 Å². The molecule has 0 aliphatic carbocycles. The Morgan fingerprint density at radius 3 is 3.14 bits per heavy atom. The van der Waals surface area contributed by atoms with E-state index in [1.807, 2.05) is 0 Å². The summed E-state index contributed by atoms with van der Waals surface area (Å²) in [6.45, 7) is 8.04. The molecule has 2 heterocycles. The molecule has 1 aliphatic heterocycles. The lowest BCUT2D eigenvalue weighted by atomic mass is 10.2. The Morgan fingerprint density at radius 2 is 2.43 bits per heavy atom. The number of esters is 1. The van der Waals surface area contributed by atoms with Crippen LogP contribution in [-0.4, -0.2) is 54.8 Å². The van der Waals surface area contributed by atoms with Crippen molar-refractivity contribution in [3.8, 4) is 0 Å². The molecule has 0 spiro atoms. The Hall–Kier alpha value is -1.17. The van der Waals surface area contributed by atoms with Crippen molar-refractivity contribution in [2.45, 2.75) is 20.0 Å². The number of carbonyl (C=O) groups is 1. The van der Waals surface area contributed by atoms with Crippen LogP contribution in [0.4, 0.5) is 0 Å². The predicted molar refractivity (Wildman–Crippen MR) is 80.5 cm³/mol.